The van der Waals surface area contributed by atoms with E-state index in [1.54, 1.807) is 14.2 Å². The molecule has 0 spiro atoms. The summed E-state index contributed by atoms with van der Waals surface area (Å²) >= 11 is 0. The van der Waals surface area contributed by atoms with Crippen molar-refractivity contribution in [2.24, 2.45) is 0 Å². The van der Waals surface area contributed by atoms with E-state index in [1.165, 1.54) is 12.8 Å². The van der Waals surface area contributed by atoms with Crippen LogP contribution >= 0.6 is 0 Å². The number of aromatic nitrogens is 3. The topological polar surface area (TPSA) is 75.2 Å². The van der Waals surface area contributed by atoms with Gasteiger partial charge in [-0.2, -0.15) is 15.0 Å². The van der Waals surface area contributed by atoms with E-state index in [0.717, 1.165) is 25.7 Å². The van der Waals surface area contributed by atoms with Crippen molar-refractivity contribution in [2.45, 2.75) is 25.8 Å². The lowest BCUT2D eigenvalue weighted by atomic mass is 10.4. The normalized spacial score (nSPS) is 14.5. The summed E-state index contributed by atoms with van der Waals surface area (Å²) in [5.41, 5.74) is 0. The van der Waals surface area contributed by atoms with Gasteiger partial charge in [0.05, 0.1) is 7.11 Å². The minimum Gasteiger partial charge on any atom is -0.467 e. The summed E-state index contributed by atoms with van der Waals surface area (Å²) in [6, 6.07) is 1.10. The van der Waals surface area contributed by atoms with Crippen LogP contribution in [0.3, 0.4) is 0 Å². The molecule has 0 aliphatic heterocycles. The Balaban J connectivity index is 1.87. The summed E-state index contributed by atoms with van der Waals surface area (Å²) in [5.74, 6) is 1.05. The van der Waals surface area contributed by atoms with E-state index in [-0.39, 0.29) is 0 Å². The van der Waals surface area contributed by atoms with Crippen molar-refractivity contribution in [1.29, 1.82) is 0 Å². The number of nitrogens with zero attached hydrogens (tertiary/aromatic N) is 4. The Kier molecular flexibility index (Phi) is 4.73. The molecule has 0 amide bonds. The van der Waals surface area contributed by atoms with E-state index in [9.17, 15) is 0 Å². The van der Waals surface area contributed by atoms with Crippen molar-refractivity contribution in [1.82, 2.24) is 19.9 Å². The summed E-state index contributed by atoms with van der Waals surface area (Å²) in [6.45, 7) is 5.11. The molecule has 2 N–H and O–H groups in total. The molecule has 0 atom stereocenters. The third-order valence-electron chi connectivity index (χ3n) is 3.17. The SMILES string of the molecule is CCN(CCNc1nc(NC)nc(OC)n1)C1CC1. The third kappa shape index (κ3) is 3.92. The van der Waals surface area contributed by atoms with Crippen LogP contribution in [0, 0.1) is 0 Å². The maximum atomic E-state index is 5.04. The fourth-order valence-electron chi connectivity index (χ4n) is 1.99. The molecule has 2 rings (SSSR count). The van der Waals surface area contributed by atoms with E-state index in [2.05, 4.69) is 37.4 Å². The molecule has 1 fully saturated rings. The van der Waals surface area contributed by atoms with Crippen molar-refractivity contribution in [3.63, 3.8) is 0 Å². The molecule has 19 heavy (non-hydrogen) atoms. The first-order valence-corrected chi connectivity index (χ1v) is 6.72. The van der Waals surface area contributed by atoms with Crippen molar-refractivity contribution in [3.05, 3.63) is 0 Å². The van der Waals surface area contributed by atoms with Crippen LogP contribution in [-0.4, -0.2) is 59.7 Å². The highest BCUT2D eigenvalue weighted by Crippen LogP contribution is 2.25. The first kappa shape index (κ1) is 13.8. The second kappa shape index (κ2) is 6.51. The van der Waals surface area contributed by atoms with Crippen LogP contribution in [0.1, 0.15) is 19.8 Å². The maximum Gasteiger partial charge on any atom is 0.322 e. The van der Waals surface area contributed by atoms with Gasteiger partial charge in [0.2, 0.25) is 11.9 Å². The van der Waals surface area contributed by atoms with Crippen molar-refractivity contribution in [2.75, 3.05) is 44.4 Å². The zero-order valence-corrected chi connectivity index (χ0v) is 11.8. The number of hydrogen-bond acceptors (Lipinski definition) is 7. The van der Waals surface area contributed by atoms with Gasteiger partial charge in [0.1, 0.15) is 0 Å². The predicted molar refractivity (Wildman–Crippen MR) is 74.7 cm³/mol. The highest BCUT2D eigenvalue weighted by molar-refractivity contribution is 5.35. The van der Waals surface area contributed by atoms with Gasteiger partial charge in [0.25, 0.3) is 0 Å². The molecule has 7 heteroatoms. The molecule has 0 aromatic carbocycles. The molecule has 7 nitrogen and oxygen atoms in total. The third-order valence-corrected chi connectivity index (χ3v) is 3.17. The number of anilines is 2. The predicted octanol–water partition coefficient (Wildman–Crippen LogP) is 0.818. The van der Waals surface area contributed by atoms with E-state index in [4.69, 9.17) is 4.74 Å². The van der Waals surface area contributed by atoms with Crippen LogP contribution in [0.25, 0.3) is 0 Å². The Hall–Kier alpha value is -1.63. The number of likely N-dealkylation sites (N-methyl/N-ethyl adjacent to an activating group) is 1. The average Bonchev–Trinajstić information content (AvgIpc) is 3.27. The van der Waals surface area contributed by atoms with Gasteiger partial charge in [-0.3, -0.25) is 4.90 Å². The summed E-state index contributed by atoms with van der Waals surface area (Å²) in [6.07, 6.45) is 2.66. The molecule has 1 saturated carbocycles. The van der Waals surface area contributed by atoms with Crippen LogP contribution < -0.4 is 15.4 Å². The quantitative estimate of drug-likeness (QED) is 0.721. The fourth-order valence-corrected chi connectivity index (χ4v) is 1.99. The lowest BCUT2D eigenvalue weighted by molar-refractivity contribution is 0.288. The Labute approximate surface area is 113 Å². The lowest BCUT2D eigenvalue weighted by Gasteiger charge is -2.19. The summed E-state index contributed by atoms with van der Waals surface area (Å²) in [7, 11) is 3.31. The molecule has 106 valence electrons. The van der Waals surface area contributed by atoms with E-state index in [1.807, 2.05) is 0 Å². The average molecular weight is 266 g/mol. The zero-order chi connectivity index (χ0) is 13.7. The van der Waals surface area contributed by atoms with Crippen LogP contribution in [0.5, 0.6) is 6.01 Å². The van der Waals surface area contributed by atoms with Gasteiger partial charge in [-0.05, 0) is 19.4 Å². The molecule has 1 aliphatic rings. The Morgan fingerprint density at radius 2 is 2.00 bits per heavy atom. The number of rotatable bonds is 8. The molecule has 1 aromatic rings. The van der Waals surface area contributed by atoms with Gasteiger partial charge < -0.3 is 15.4 Å². The lowest BCUT2D eigenvalue weighted by Crippen LogP contribution is -2.31. The number of methoxy groups -OCH3 is 1. The molecule has 0 bridgehead atoms. The van der Waals surface area contributed by atoms with E-state index in [0.29, 0.717) is 17.9 Å². The summed E-state index contributed by atoms with van der Waals surface area (Å²) < 4.78 is 5.04. The molecule has 1 aromatic heterocycles. The second-order valence-electron chi connectivity index (χ2n) is 4.51. The summed E-state index contributed by atoms with van der Waals surface area (Å²) in [5, 5.41) is 6.11. The summed E-state index contributed by atoms with van der Waals surface area (Å²) in [4.78, 5) is 14.9. The van der Waals surface area contributed by atoms with Gasteiger partial charge in [-0.25, -0.2) is 0 Å². The van der Waals surface area contributed by atoms with E-state index >= 15 is 0 Å². The van der Waals surface area contributed by atoms with Gasteiger partial charge in [-0.1, -0.05) is 6.92 Å². The van der Waals surface area contributed by atoms with Crippen molar-refractivity contribution in [3.8, 4) is 6.01 Å². The van der Waals surface area contributed by atoms with Crippen LogP contribution in [0.2, 0.25) is 0 Å². The van der Waals surface area contributed by atoms with Gasteiger partial charge in [0, 0.05) is 26.2 Å². The minimum atomic E-state index is 0.316. The van der Waals surface area contributed by atoms with Crippen LogP contribution in [-0.2, 0) is 0 Å². The first-order valence-electron chi connectivity index (χ1n) is 6.72. The van der Waals surface area contributed by atoms with Gasteiger partial charge in [-0.15, -0.1) is 0 Å². The Morgan fingerprint density at radius 1 is 1.26 bits per heavy atom. The highest BCUT2D eigenvalue weighted by atomic mass is 16.5. The largest absolute Gasteiger partial charge is 0.467 e. The zero-order valence-electron chi connectivity index (χ0n) is 11.8. The number of ether oxygens (including phenoxy) is 1. The minimum absolute atomic E-state index is 0.316. The highest BCUT2D eigenvalue weighted by Gasteiger charge is 2.27. The number of hydrogen-bond donors (Lipinski definition) is 2. The maximum absolute atomic E-state index is 5.04. The van der Waals surface area contributed by atoms with Crippen LogP contribution in [0.4, 0.5) is 11.9 Å². The molecule has 0 radical (unpaired) electrons. The Morgan fingerprint density at radius 3 is 2.58 bits per heavy atom. The standard InChI is InChI=1S/C12H22N6O/c1-4-18(9-5-6-9)8-7-14-11-15-10(13-2)16-12(17-11)19-3/h9H,4-8H2,1-3H3,(H2,13,14,15,16,17). The van der Waals surface area contributed by atoms with Crippen molar-refractivity contribution >= 4 is 11.9 Å². The first-order chi connectivity index (χ1) is 9.26. The Bertz CT molecular complexity index is 387. The monoisotopic (exact) mass is 266 g/mol. The molecule has 1 aliphatic carbocycles. The smallest absolute Gasteiger partial charge is 0.322 e. The molecule has 0 saturated heterocycles. The van der Waals surface area contributed by atoms with Gasteiger partial charge >= 0.3 is 6.01 Å². The van der Waals surface area contributed by atoms with E-state index < -0.39 is 0 Å². The van der Waals surface area contributed by atoms with Crippen molar-refractivity contribution < 1.29 is 4.74 Å². The second-order valence-corrected chi connectivity index (χ2v) is 4.51. The van der Waals surface area contributed by atoms with Crippen LogP contribution in [0.15, 0.2) is 0 Å². The van der Waals surface area contributed by atoms with Gasteiger partial charge in [0.15, 0.2) is 0 Å². The molecule has 0 unspecified atom stereocenters. The molecular weight excluding hydrogens is 244 g/mol. The fraction of sp³-hybridized carbons (Fsp3) is 0.750. The molecule has 1 heterocycles. The molecular formula is C12H22N6O. The number of nitrogens with one attached hydrogen (secondary N) is 2.